The Morgan fingerprint density at radius 2 is 1.59 bits per heavy atom. The van der Waals surface area contributed by atoms with Gasteiger partial charge in [0.15, 0.2) is 0 Å². The molecule has 0 unspecified atom stereocenters. The van der Waals surface area contributed by atoms with Crippen LogP contribution >= 0.6 is 0 Å². The van der Waals surface area contributed by atoms with Gasteiger partial charge in [-0.3, -0.25) is 5.32 Å². The molecule has 1 saturated heterocycles. The molecular formula is C24H33BN4O5. The van der Waals surface area contributed by atoms with Gasteiger partial charge in [-0.15, -0.1) is 0 Å². The van der Waals surface area contributed by atoms with Crippen molar-refractivity contribution in [2.45, 2.75) is 71.8 Å². The molecule has 34 heavy (non-hydrogen) atoms. The van der Waals surface area contributed by atoms with E-state index in [1.807, 2.05) is 39.8 Å². The molecule has 0 atom stereocenters. The summed E-state index contributed by atoms with van der Waals surface area (Å²) in [7, 11) is -0.451. The van der Waals surface area contributed by atoms with Gasteiger partial charge in [0.2, 0.25) is 0 Å². The number of nitrogens with one attached hydrogen (secondary N) is 3. The smallest absolute Gasteiger partial charge is 0.444 e. The molecule has 0 spiro atoms. The van der Waals surface area contributed by atoms with E-state index in [4.69, 9.17) is 14.0 Å². The highest BCUT2D eigenvalue weighted by Gasteiger charge is 2.51. The lowest BCUT2D eigenvalue weighted by Gasteiger charge is -2.32. The van der Waals surface area contributed by atoms with Crippen molar-refractivity contribution in [2.24, 2.45) is 0 Å². The quantitative estimate of drug-likeness (QED) is 0.571. The van der Waals surface area contributed by atoms with Crippen LogP contribution in [0.15, 0.2) is 42.6 Å². The molecule has 10 heteroatoms. The lowest BCUT2D eigenvalue weighted by Crippen LogP contribution is -2.41. The molecule has 3 N–H and O–H groups in total. The van der Waals surface area contributed by atoms with Gasteiger partial charge in [0.25, 0.3) is 0 Å². The summed E-state index contributed by atoms with van der Waals surface area (Å²) in [6, 6.07) is 10.4. The molecule has 182 valence electrons. The summed E-state index contributed by atoms with van der Waals surface area (Å²) >= 11 is 0. The van der Waals surface area contributed by atoms with Crippen LogP contribution in [0.3, 0.4) is 0 Å². The van der Waals surface area contributed by atoms with Gasteiger partial charge >= 0.3 is 19.2 Å². The molecule has 1 fully saturated rings. The van der Waals surface area contributed by atoms with Gasteiger partial charge in [-0.05, 0) is 77.7 Å². The third kappa shape index (κ3) is 6.71. The minimum Gasteiger partial charge on any atom is -0.444 e. The first kappa shape index (κ1) is 25.5. The fourth-order valence-electron chi connectivity index (χ4n) is 3.07. The molecule has 9 nitrogen and oxygen atoms in total. The van der Waals surface area contributed by atoms with Crippen molar-refractivity contribution in [3.8, 4) is 0 Å². The number of carbonyl (C=O) groups excluding carboxylic acids is 2. The van der Waals surface area contributed by atoms with Crippen LogP contribution in [0.4, 0.5) is 21.1 Å². The average Bonchev–Trinajstić information content (AvgIpc) is 2.93. The summed E-state index contributed by atoms with van der Waals surface area (Å²) in [5, 5.41) is 8.14. The molecule has 1 aliphatic heterocycles. The zero-order valence-electron chi connectivity index (χ0n) is 20.8. The number of pyridine rings is 1. The summed E-state index contributed by atoms with van der Waals surface area (Å²) in [6.45, 7) is 13.7. The predicted molar refractivity (Wildman–Crippen MR) is 132 cm³/mol. The number of ether oxygens (including phenoxy) is 1. The highest BCUT2D eigenvalue weighted by molar-refractivity contribution is 6.62. The first-order valence-corrected chi connectivity index (χ1v) is 11.2. The second kappa shape index (κ2) is 9.64. The van der Waals surface area contributed by atoms with E-state index in [9.17, 15) is 9.59 Å². The van der Waals surface area contributed by atoms with Gasteiger partial charge in [0.1, 0.15) is 11.4 Å². The van der Waals surface area contributed by atoms with E-state index >= 15 is 0 Å². The van der Waals surface area contributed by atoms with E-state index in [2.05, 4.69) is 20.9 Å². The first-order chi connectivity index (χ1) is 15.7. The maximum Gasteiger partial charge on any atom is 0.494 e. The molecular weight excluding hydrogens is 435 g/mol. The molecule has 1 aromatic heterocycles. The van der Waals surface area contributed by atoms with E-state index < -0.39 is 30.0 Å². The molecule has 3 amide bonds. The minimum absolute atomic E-state index is 0.275. The third-order valence-corrected chi connectivity index (χ3v) is 5.60. The number of hydrogen-bond donors (Lipinski definition) is 3. The van der Waals surface area contributed by atoms with Crippen molar-refractivity contribution in [2.75, 3.05) is 10.6 Å². The van der Waals surface area contributed by atoms with Crippen molar-refractivity contribution >= 4 is 36.2 Å². The summed E-state index contributed by atoms with van der Waals surface area (Å²) in [4.78, 5) is 28.2. The highest BCUT2D eigenvalue weighted by atomic mass is 16.7. The van der Waals surface area contributed by atoms with Crippen LogP contribution in [0.2, 0.25) is 0 Å². The van der Waals surface area contributed by atoms with Crippen molar-refractivity contribution in [1.29, 1.82) is 0 Å². The maximum atomic E-state index is 12.3. The fourth-order valence-corrected chi connectivity index (χ4v) is 3.07. The predicted octanol–water partition coefficient (Wildman–Crippen LogP) is 4.05. The van der Waals surface area contributed by atoms with Crippen molar-refractivity contribution in [1.82, 2.24) is 10.3 Å². The van der Waals surface area contributed by atoms with Crippen LogP contribution in [0.1, 0.15) is 54.0 Å². The van der Waals surface area contributed by atoms with Gasteiger partial charge in [0.05, 0.1) is 11.2 Å². The molecule has 1 aliphatic rings. The van der Waals surface area contributed by atoms with E-state index in [0.29, 0.717) is 11.5 Å². The molecule has 2 aromatic rings. The second-order valence-corrected chi connectivity index (χ2v) is 10.2. The first-order valence-electron chi connectivity index (χ1n) is 11.2. The molecule has 3 rings (SSSR count). The Hall–Kier alpha value is -3.11. The van der Waals surface area contributed by atoms with Crippen LogP contribution < -0.4 is 21.4 Å². The number of benzene rings is 1. The number of anilines is 2. The Balaban J connectivity index is 1.47. The third-order valence-electron chi connectivity index (χ3n) is 5.60. The fraction of sp³-hybridized carbons (Fsp3) is 0.458. The number of urea groups is 1. The summed E-state index contributed by atoms with van der Waals surface area (Å²) in [5.74, 6) is 0.365. The normalized spacial score (nSPS) is 16.6. The van der Waals surface area contributed by atoms with Crippen molar-refractivity contribution < 1.29 is 23.6 Å². The van der Waals surface area contributed by atoms with Gasteiger partial charge in [-0.2, -0.15) is 0 Å². The van der Waals surface area contributed by atoms with E-state index in [1.54, 1.807) is 51.2 Å². The molecule has 0 radical (unpaired) electrons. The Kier molecular flexibility index (Phi) is 7.23. The second-order valence-electron chi connectivity index (χ2n) is 10.2. The number of hydrogen-bond acceptors (Lipinski definition) is 6. The molecule has 1 aromatic carbocycles. The zero-order chi connectivity index (χ0) is 25.1. The van der Waals surface area contributed by atoms with Gasteiger partial charge < -0.3 is 24.7 Å². The molecule has 2 heterocycles. The SMILES string of the molecule is CC(C)(C)OC(=O)Nc1ccc(CNC(=O)Nc2ccc(B3OC(C)(C)C(C)(C)O3)cc2)cn1. The number of rotatable bonds is 5. The van der Waals surface area contributed by atoms with Crippen LogP contribution in [-0.2, 0) is 20.6 Å². The summed E-state index contributed by atoms with van der Waals surface area (Å²) in [6.07, 6.45) is 1.00. The zero-order valence-corrected chi connectivity index (χ0v) is 20.8. The topological polar surface area (TPSA) is 111 Å². The standard InChI is InChI=1S/C24H33BN4O5/c1-22(2,3)32-21(31)29-19-13-8-16(14-26-19)15-27-20(30)28-18-11-9-17(10-12-18)25-33-23(4,5)24(6,7)34-25/h8-14H,15H2,1-7H3,(H,26,29,31)(H2,27,28,30). The number of aromatic nitrogens is 1. The van der Waals surface area contributed by atoms with E-state index in [-0.39, 0.29) is 12.6 Å². The Bertz CT molecular complexity index is 1000. The Labute approximate surface area is 201 Å². The minimum atomic E-state index is -0.590. The highest BCUT2D eigenvalue weighted by Crippen LogP contribution is 2.36. The number of nitrogens with zero attached hydrogens (tertiary/aromatic N) is 1. The van der Waals surface area contributed by atoms with Crippen molar-refractivity contribution in [3.63, 3.8) is 0 Å². The van der Waals surface area contributed by atoms with Crippen molar-refractivity contribution in [3.05, 3.63) is 48.2 Å². The number of carbonyl (C=O) groups is 2. The van der Waals surface area contributed by atoms with Gasteiger partial charge in [-0.25, -0.2) is 14.6 Å². The molecule has 0 aliphatic carbocycles. The summed E-state index contributed by atoms with van der Waals surface area (Å²) < 4.78 is 17.3. The molecule has 0 bridgehead atoms. The van der Waals surface area contributed by atoms with Crippen LogP contribution in [0.5, 0.6) is 0 Å². The van der Waals surface area contributed by atoms with Gasteiger partial charge in [-0.1, -0.05) is 18.2 Å². The average molecular weight is 468 g/mol. The Morgan fingerprint density at radius 1 is 0.971 bits per heavy atom. The maximum absolute atomic E-state index is 12.3. The van der Waals surface area contributed by atoms with Crippen LogP contribution in [0, 0.1) is 0 Å². The Morgan fingerprint density at radius 3 is 2.12 bits per heavy atom. The summed E-state index contributed by atoms with van der Waals surface area (Å²) in [5.41, 5.74) is 0.901. The lowest BCUT2D eigenvalue weighted by atomic mass is 9.79. The monoisotopic (exact) mass is 468 g/mol. The van der Waals surface area contributed by atoms with Crippen LogP contribution in [0.25, 0.3) is 0 Å². The largest absolute Gasteiger partial charge is 0.494 e. The lowest BCUT2D eigenvalue weighted by molar-refractivity contribution is 0.00578. The van der Waals surface area contributed by atoms with E-state index in [1.165, 1.54) is 0 Å². The number of amides is 3. The van der Waals surface area contributed by atoms with Crippen LogP contribution in [-0.4, -0.2) is 41.0 Å². The molecule has 0 saturated carbocycles. The van der Waals surface area contributed by atoms with Gasteiger partial charge in [0, 0.05) is 18.4 Å². The van der Waals surface area contributed by atoms with E-state index in [0.717, 1.165) is 11.0 Å².